The lowest BCUT2D eigenvalue weighted by Crippen LogP contribution is -2.19. The predicted molar refractivity (Wildman–Crippen MR) is 75.3 cm³/mol. The molecule has 0 aliphatic heterocycles. The Balaban J connectivity index is 2.53. The van der Waals surface area contributed by atoms with Crippen LogP contribution in [0.1, 0.15) is 30.6 Å². The molecule has 0 amide bonds. The van der Waals surface area contributed by atoms with Crippen LogP contribution in [0.3, 0.4) is 0 Å². The fourth-order valence-electron chi connectivity index (χ4n) is 1.53. The van der Waals surface area contributed by atoms with Crippen LogP contribution in [0.15, 0.2) is 30.8 Å². The normalized spacial score (nSPS) is 13.9. The largest absolute Gasteiger partial charge is 0.390 e. The molecule has 3 nitrogen and oxygen atoms in total. The fraction of sp³-hybridized carbons (Fsp3) is 0.357. The van der Waals surface area contributed by atoms with E-state index in [0.29, 0.717) is 17.7 Å². The molecule has 0 heterocycles. The summed E-state index contributed by atoms with van der Waals surface area (Å²) in [6.45, 7) is 5.14. The van der Waals surface area contributed by atoms with Gasteiger partial charge in [-0.05, 0) is 17.5 Å². The Morgan fingerprint density at radius 1 is 1.39 bits per heavy atom. The molecule has 2 unspecified atom stereocenters. The molecule has 0 saturated carbocycles. The van der Waals surface area contributed by atoms with Gasteiger partial charge in [-0.1, -0.05) is 48.7 Å². The van der Waals surface area contributed by atoms with Gasteiger partial charge in [0.05, 0.1) is 6.10 Å². The second kappa shape index (κ2) is 7.36. The smallest absolute Gasteiger partial charge is 0.185 e. The zero-order valence-corrected chi connectivity index (χ0v) is 11.2. The van der Waals surface area contributed by atoms with Gasteiger partial charge in [-0.3, -0.25) is 4.79 Å². The first-order valence-corrected chi connectivity index (χ1v) is 6.75. The van der Waals surface area contributed by atoms with Gasteiger partial charge in [-0.25, -0.2) is 0 Å². The van der Waals surface area contributed by atoms with E-state index < -0.39 is 12.2 Å². The number of hydrogen-bond acceptors (Lipinski definition) is 4. The van der Waals surface area contributed by atoms with E-state index in [1.165, 1.54) is 6.92 Å². The minimum absolute atomic E-state index is 0.0204. The van der Waals surface area contributed by atoms with Gasteiger partial charge in [-0.2, -0.15) is 0 Å². The molecule has 0 bridgehead atoms. The van der Waals surface area contributed by atoms with E-state index in [1.54, 1.807) is 18.2 Å². The molecule has 4 heteroatoms. The second-order valence-corrected chi connectivity index (χ2v) is 5.28. The third-order valence-electron chi connectivity index (χ3n) is 2.60. The average Bonchev–Trinajstić information content (AvgIpc) is 2.37. The van der Waals surface area contributed by atoms with Crippen LogP contribution >= 0.6 is 11.8 Å². The van der Waals surface area contributed by atoms with E-state index in [4.69, 9.17) is 0 Å². The molecule has 1 rings (SSSR count). The van der Waals surface area contributed by atoms with Crippen molar-refractivity contribution in [3.05, 3.63) is 42.0 Å². The minimum atomic E-state index is -0.920. The Kier molecular flexibility index (Phi) is 6.12. The number of rotatable bonds is 6. The maximum absolute atomic E-state index is 10.7. The van der Waals surface area contributed by atoms with Gasteiger partial charge < -0.3 is 10.2 Å². The molecule has 0 aliphatic carbocycles. The maximum Gasteiger partial charge on any atom is 0.185 e. The SMILES string of the molecule is C=Cc1ccc(C(O)C(O)CCSC(C)=O)cc1. The van der Waals surface area contributed by atoms with Crippen LogP contribution in [0.5, 0.6) is 0 Å². The van der Waals surface area contributed by atoms with Crippen molar-refractivity contribution in [3.63, 3.8) is 0 Å². The van der Waals surface area contributed by atoms with Crippen molar-refractivity contribution in [2.24, 2.45) is 0 Å². The topological polar surface area (TPSA) is 57.5 Å². The molecular formula is C14H18O3S. The van der Waals surface area contributed by atoms with Crippen LogP contribution in [0.4, 0.5) is 0 Å². The molecule has 1 aromatic carbocycles. The Morgan fingerprint density at radius 2 is 2.00 bits per heavy atom. The van der Waals surface area contributed by atoms with E-state index in [1.807, 2.05) is 12.1 Å². The Hall–Kier alpha value is -1.10. The van der Waals surface area contributed by atoms with Crippen LogP contribution in [-0.4, -0.2) is 27.2 Å². The average molecular weight is 266 g/mol. The fourth-order valence-corrected chi connectivity index (χ4v) is 2.18. The molecule has 0 saturated heterocycles. The molecule has 2 N–H and O–H groups in total. The molecule has 18 heavy (non-hydrogen) atoms. The summed E-state index contributed by atoms with van der Waals surface area (Å²) in [5.74, 6) is 0.512. The predicted octanol–water partition coefficient (Wildman–Crippen LogP) is 2.39. The molecule has 2 atom stereocenters. The number of aliphatic hydroxyl groups is 2. The molecule has 0 aliphatic rings. The van der Waals surface area contributed by atoms with Crippen LogP contribution < -0.4 is 0 Å². The standard InChI is InChI=1S/C14H18O3S/c1-3-11-4-6-12(7-5-11)14(17)13(16)8-9-18-10(2)15/h3-7,13-14,16-17H,1,8-9H2,2H3. The van der Waals surface area contributed by atoms with Gasteiger partial charge in [0.15, 0.2) is 5.12 Å². The first kappa shape index (κ1) is 15.0. The Labute approximate surface area is 112 Å². The van der Waals surface area contributed by atoms with Crippen LogP contribution in [0.2, 0.25) is 0 Å². The number of carbonyl (C=O) groups excluding carboxylic acids is 1. The molecule has 0 aromatic heterocycles. The maximum atomic E-state index is 10.7. The Bertz CT molecular complexity index is 400. The van der Waals surface area contributed by atoms with Crippen molar-refractivity contribution in [2.45, 2.75) is 25.6 Å². The van der Waals surface area contributed by atoms with E-state index in [-0.39, 0.29) is 5.12 Å². The summed E-state index contributed by atoms with van der Waals surface area (Å²) in [4.78, 5) is 10.7. The number of benzene rings is 1. The van der Waals surface area contributed by atoms with E-state index in [2.05, 4.69) is 6.58 Å². The summed E-state index contributed by atoms with van der Waals surface area (Å²) in [6.07, 6.45) is 0.327. The molecule has 0 radical (unpaired) electrons. The zero-order valence-electron chi connectivity index (χ0n) is 10.4. The van der Waals surface area contributed by atoms with Gasteiger partial charge in [0.1, 0.15) is 6.10 Å². The number of thioether (sulfide) groups is 1. The summed E-state index contributed by atoms with van der Waals surface area (Å²) in [5.41, 5.74) is 1.63. The Morgan fingerprint density at radius 3 is 2.50 bits per heavy atom. The number of carbonyl (C=O) groups is 1. The third-order valence-corrected chi connectivity index (χ3v) is 3.44. The summed E-state index contributed by atoms with van der Waals surface area (Å²) >= 11 is 1.15. The summed E-state index contributed by atoms with van der Waals surface area (Å²) in [7, 11) is 0. The molecule has 1 aromatic rings. The molecule has 0 spiro atoms. The minimum Gasteiger partial charge on any atom is -0.390 e. The second-order valence-electron chi connectivity index (χ2n) is 4.01. The quantitative estimate of drug-likeness (QED) is 0.830. The van der Waals surface area contributed by atoms with Crippen molar-refractivity contribution in [1.29, 1.82) is 0 Å². The van der Waals surface area contributed by atoms with Gasteiger partial charge in [-0.15, -0.1) is 0 Å². The molecule has 0 fully saturated rings. The summed E-state index contributed by atoms with van der Waals surface area (Å²) in [6, 6.07) is 7.21. The van der Waals surface area contributed by atoms with Crippen molar-refractivity contribution >= 4 is 23.0 Å². The highest BCUT2D eigenvalue weighted by atomic mass is 32.2. The van der Waals surface area contributed by atoms with Gasteiger partial charge >= 0.3 is 0 Å². The van der Waals surface area contributed by atoms with Crippen molar-refractivity contribution in [2.75, 3.05) is 5.75 Å². The monoisotopic (exact) mass is 266 g/mol. The van der Waals surface area contributed by atoms with E-state index in [0.717, 1.165) is 17.3 Å². The lowest BCUT2D eigenvalue weighted by molar-refractivity contribution is -0.109. The summed E-state index contributed by atoms with van der Waals surface area (Å²) in [5, 5.41) is 19.8. The highest BCUT2D eigenvalue weighted by Gasteiger charge is 2.18. The lowest BCUT2D eigenvalue weighted by Gasteiger charge is -2.17. The van der Waals surface area contributed by atoms with Crippen LogP contribution in [-0.2, 0) is 4.79 Å². The molecule has 98 valence electrons. The first-order chi connectivity index (χ1) is 8.54. The highest BCUT2D eigenvalue weighted by Crippen LogP contribution is 2.21. The van der Waals surface area contributed by atoms with Crippen molar-refractivity contribution < 1.29 is 15.0 Å². The number of aliphatic hydroxyl groups excluding tert-OH is 2. The van der Waals surface area contributed by atoms with E-state index in [9.17, 15) is 15.0 Å². The van der Waals surface area contributed by atoms with Crippen LogP contribution in [0, 0.1) is 0 Å². The van der Waals surface area contributed by atoms with Gasteiger partial charge in [0, 0.05) is 12.7 Å². The first-order valence-electron chi connectivity index (χ1n) is 5.76. The van der Waals surface area contributed by atoms with Gasteiger partial charge in [0.2, 0.25) is 0 Å². The lowest BCUT2D eigenvalue weighted by atomic mass is 10.0. The highest BCUT2D eigenvalue weighted by molar-refractivity contribution is 8.13. The van der Waals surface area contributed by atoms with Crippen molar-refractivity contribution in [3.8, 4) is 0 Å². The molecular weight excluding hydrogens is 248 g/mol. The van der Waals surface area contributed by atoms with Gasteiger partial charge in [0.25, 0.3) is 0 Å². The van der Waals surface area contributed by atoms with Crippen molar-refractivity contribution in [1.82, 2.24) is 0 Å². The van der Waals surface area contributed by atoms with E-state index >= 15 is 0 Å². The summed E-state index contributed by atoms with van der Waals surface area (Å²) < 4.78 is 0. The van der Waals surface area contributed by atoms with Crippen LogP contribution in [0.25, 0.3) is 6.08 Å². The third kappa shape index (κ3) is 4.64. The number of hydrogen-bond donors (Lipinski definition) is 2. The zero-order chi connectivity index (χ0) is 13.5.